The van der Waals surface area contributed by atoms with Gasteiger partial charge in [-0.1, -0.05) is 17.4 Å². The highest BCUT2D eigenvalue weighted by Gasteiger charge is 2.25. The summed E-state index contributed by atoms with van der Waals surface area (Å²) in [4.78, 5) is 26.5. The lowest BCUT2D eigenvalue weighted by molar-refractivity contribution is 0.0376. The van der Waals surface area contributed by atoms with Crippen molar-refractivity contribution >= 4 is 32.6 Å². The van der Waals surface area contributed by atoms with Crippen molar-refractivity contribution in [1.82, 2.24) is 19.4 Å². The molecule has 0 N–H and O–H groups in total. The molecule has 0 bridgehead atoms. The van der Waals surface area contributed by atoms with Gasteiger partial charge in [-0.05, 0) is 25.5 Å². The predicted molar refractivity (Wildman–Crippen MR) is 118 cm³/mol. The summed E-state index contributed by atoms with van der Waals surface area (Å²) in [5, 5.41) is 0.673. The average Bonchev–Trinajstić information content (AvgIpc) is 3.38. The van der Waals surface area contributed by atoms with Gasteiger partial charge in [0.15, 0.2) is 11.0 Å². The summed E-state index contributed by atoms with van der Waals surface area (Å²) in [5.41, 5.74) is 0.796. The first-order valence-electron chi connectivity index (χ1n) is 10.3. The minimum Gasteiger partial charge on any atom is -0.492 e. The van der Waals surface area contributed by atoms with E-state index >= 15 is 0 Å². The number of morpholine rings is 1. The molecule has 3 aromatic rings. The number of aromatic nitrogens is 3. The van der Waals surface area contributed by atoms with E-state index in [1.807, 2.05) is 32.2 Å². The molecule has 4 rings (SSSR count). The maximum Gasteiger partial charge on any atom is 0.296 e. The van der Waals surface area contributed by atoms with E-state index in [0.717, 1.165) is 55.2 Å². The topological polar surface area (TPSA) is 72.7 Å². The Hall–Kier alpha value is -2.49. The van der Waals surface area contributed by atoms with Crippen LogP contribution in [-0.4, -0.2) is 71.3 Å². The Labute approximate surface area is 180 Å². The first-order chi connectivity index (χ1) is 14.7. The van der Waals surface area contributed by atoms with E-state index in [2.05, 4.69) is 9.88 Å². The van der Waals surface area contributed by atoms with Crippen LogP contribution in [0.1, 0.15) is 24.0 Å². The second kappa shape index (κ2) is 9.55. The molecule has 8 nitrogen and oxygen atoms in total. The highest BCUT2D eigenvalue weighted by atomic mass is 32.1. The van der Waals surface area contributed by atoms with Crippen LogP contribution in [0.15, 0.2) is 30.6 Å². The maximum absolute atomic E-state index is 13.3. The van der Waals surface area contributed by atoms with Crippen molar-refractivity contribution in [2.75, 3.05) is 50.9 Å². The molecule has 2 aromatic heterocycles. The van der Waals surface area contributed by atoms with Gasteiger partial charge in [-0.3, -0.25) is 14.6 Å². The Morgan fingerprint density at radius 1 is 1.33 bits per heavy atom. The zero-order valence-electron chi connectivity index (χ0n) is 17.4. The van der Waals surface area contributed by atoms with Gasteiger partial charge >= 0.3 is 0 Å². The van der Waals surface area contributed by atoms with Crippen molar-refractivity contribution in [1.29, 1.82) is 0 Å². The number of rotatable bonds is 8. The van der Waals surface area contributed by atoms with Gasteiger partial charge in [-0.15, -0.1) is 0 Å². The van der Waals surface area contributed by atoms with E-state index < -0.39 is 0 Å². The van der Waals surface area contributed by atoms with Crippen LogP contribution in [-0.2, 0) is 11.8 Å². The number of aryl methyl sites for hydroxylation is 1. The van der Waals surface area contributed by atoms with Crippen LogP contribution in [0, 0.1) is 0 Å². The third kappa shape index (κ3) is 4.48. The smallest absolute Gasteiger partial charge is 0.296 e. The monoisotopic (exact) mass is 429 g/mol. The molecule has 1 amide bonds. The number of carbonyl (C=O) groups excluding carboxylic acids is 1. The van der Waals surface area contributed by atoms with Gasteiger partial charge in [0.05, 0.1) is 24.5 Å². The van der Waals surface area contributed by atoms with Crippen molar-refractivity contribution < 1.29 is 14.3 Å². The van der Waals surface area contributed by atoms with Gasteiger partial charge in [0.2, 0.25) is 0 Å². The molecule has 9 heteroatoms. The summed E-state index contributed by atoms with van der Waals surface area (Å²) < 4.78 is 13.9. The van der Waals surface area contributed by atoms with Gasteiger partial charge in [0.25, 0.3) is 5.91 Å². The number of nitrogens with zero attached hydrogens (tertiary/aromatic N) is 5. The molecule has 160 valence electrons. The predicted octanol–water partition coefficient (Wildman–Crippen LogP) is 2.80. The second-order valence-corrected chi connectivity index (χ2v) is 8.17. The minimum absolute atomic E-state index is 0.138. The number of benzene rings is 1. The number of carbonyl (C=O) groups is 1. The third-order valence-corrected chi connectivity index (χ3v) is 6.16. The van der Waals surface area contributed by atoms with E-state index in [4.69, 9.17) is 14.5 Å². The van der Waals surface area contributed by atoms with E-state index in [9.17, 15) is 4.79 Å². The summed E-state index contributed by atoms with van der Waals surface area (Å²) in [7, 11) is 1.83. The number of para-hydroxylation sites is 1. The Balaban J connectivity index is 1.59. The molecule has 1 aliphatic rings. The quantitative estimate of drug-likeness (QED) is 0.548. The fourth-order valence-electron chi connectivity index (χ4n) is 3.55. The van der Waals surface area contributed by atoms with Crippen LogP contribution >= 0.6 is 11.3 Å². The number of hydrogen-bond acceptors (Lipinski definition) is 7. The molecule has 0 spiro atoms. The number of thiazole rings is 1. The molecule has 3 heterocycles. The molecule has 0 unspecified atom stereocenters. The first-order valence-corrected chi connectivity index (χ1v) is 11.1. The number of amides is 1. The molecular formula is C21H27N5O3S. The third-order valence-electron chi connectivity index (χ3n) is 5.12. The van der Waals surface area contributed by atoms with Crippen LogP contribution in [0.4, 0.5) is 5.13 Å². The summed E-state index contributed by atoms with van der Waals surface area (Å²) >= 11 is 1.51. The number of hydrogen-bond donors (Lipinski definition) is 0. The fraction of sp³-hybridized carbons (Fsp3) is 0.476. The molecule has 1 saturated heterocycles. The van der Waals surface area contributed by atoms with Crippen molar-refractivity contribution in [3.63, 3.8) is 0 Å². The van der Waals surface area contributed by atoms with Crippen LogP contribution in [0.3, 0.4) is 0 Å². The molecule has 30 heavy (non-hydrogen) atoms. The van der Waals surface area contributed by atoms with Crippen LogP contribution in [0.2, 0.25) is 0 Å². The summed E-state index contributed by atoms with van der Waals surface area (Å²) in [6.45, 7) is 7.44. The van der Waals surface area contributed by atoms with Crippen LogP contribution in [0.5, 0.6) is 5.75 Å². The largest absolute Gasteiger partial charge is 0.492 e. The van der Waals surface area contributed by atoms with E-state index in [0.29, 0.717) is 24.1 Å². The standard InChI is InChI=1S/C21H27N5O3S/c1-3-29-16-6-4-7-17-18(16)23-21(30-17)26(20(27)19-22-8-11-24(19)2)10-5-9-25-12-14-28-15-13-25/h4,6-8,11H,3,5,9-10,12-15H2,1-2H3. The summed E-state index contributed by atoms with van der Waals surface area (Å²) in [6, 6.07) is 5.88. The minimum atomic E-state index is -0.138. The van der Waals surface area contributed by atoms with Crippen molar-refractivity contribution in [2.24, 2.45) is 7.05 Å². The lowest BCUT2D eigenvalue weighted by atomic mass is 10.3. The van der Waals surface area contributed by atoms with Crippen molar-refractivity contribution in [3.8, 4) is 5.75 Å². The zero-order valence-corrected chi connectivity index (χ0v) is 18.2. The van der Waals surface area contributed by atoms with Crippen LogP contribution < -0.4 is 9.64 Å². The summed E-state index contributed by atoms with van der Waals surface area (Å²) in [5.74, 6) is 1.02. The maximum atomic E-state index is 13.3. The molecule has 0 aliphatic carbocycles. The second-order valence-electron chi connectivity index (χ2n) is 7.16. The molecule has 0 saturated carbocycles. The molecule has 0 radical (unpaired) electrons. The number of anilines is 1. The van der Waals surface area contributed by atoms with E-state index in [1.54, 1.807) is 21.9 Å². The zero-order chi connectivity index (χ0) is 20.9. The molecular weight excluding hydrogens is 402 g/mol. The Bertz CT molecular complexity index is 996. The molecule has 1 aliphatic heterocycles. The molecule has 1 fully saturated rings. The van der Waals surface area contributed by atoms with Gasteiger partial charge in [-0.2, -0.15) is 0 Å². The molecule has 1 aromatic carbocycles. The Kier molecular flexibility index (Phi) is 6.61. The average molecular weight is 430 g/mol. The number of ether oxygens (including phenoxy) is 2. The molecule has 0 atom stereocenters. The lowest BCUT2D eigenvalue weighted by Crippen LogP contribution is -2.39. The Morgan fingerprint density at radius 3 is 2.90 bits per heavy atom. The normalized spacial score (nSPS) is 14.9. The van der Waals surface area contributed by atoms with Crippen molar-refractivity contribution in [2.45, 2.75) is 13.3 Å². The number of imidazole rings is 1. The van der Waals surface area contributed by atoms with Gasteiger partial charge in [0.1, 0.15) is 11.3 Å². The number of fused-ring (bicyclic) bond motifs is 1. The van der Waals surface area contributed by atoms with Gasteiger partial charge in [-0.25, -0.2) is 9.97 Å². The highest BCUT2D eigenvalue weighted by Crippen LogP contribution is 2.34. The van der Waals surface area contributed by atoms with E-state index in [1.165, 1.54) is 11.3 Å². The van der Waals surface area contributed by atoms with Gasteiger partial charge in [0, 0.05) is 45.6 Å². The first kappa shape index (κ1) is 20.8. The lowest BCUT2D eigenvalue weighted by Gasteiger charge is -2.27. The van der Waals surface area contributed by atoms with E-state index in [-0.39, 0.29) is 5.91 Å². The SMILES string of the molecule is CCOc1cccc2sc(N(CCCN3CCOCC3)C(=O)c3nccn3C)nc12. The van der Waals surface area contributed by atoms with Crippen LogP contribution in [0.25, 0.3) is 10.2 Å². The summed E-state index contributed by atoms with van der Waals surface area (Å²) in [6.07, 6.45) is 4.28. The Morgan fingerprint density at radius 2 is 2.17 bits per heavy atom. The van der Waals surface area contributed by atoms with Crippen molar-refractivity contribution in [3.05, 3.63) is 36.4 Å². The highest BCUT2D eigenvalue weighted by molar-refractivity contribution is 7.22. The fourth-order valence-corrected chi connectivity index (χ4v) is 4.56. The van der Waals surface area contributed by atoms with Gasteiger partial charge < -0.3 is 14.0 Å².